The number of Topliss-reactive ketones (excluding diaryl/α,β-unsaturated/α-hetero) is 1. The third-order valence-corrected chi connectivity index (χ3v) is 27.3. The molecule has 776 valence electrons. The number of rotatable bonds is 91. The van der Waals surface area contributed by atoms with Crippen LogP contribution in [0.1, 0.15) is 508 Å². The second kappa shape index (κ2) is 97.3. The Morgan fingerprint density at radius 3 is 1.06 bits per heavy atom. The Balaban J connectivity index is 0. The molecule has 1 aromatic rings. The average molecular weight is 1890 g/mol. The van der Waals surface area contributed by atoms with Crippen LogP contribution in [0.2, 0.25) is 0 Å². The van der Waals surface area contributed by atoms with Crippen LogP contribution in [-0.4, -0.2) is 182 Å². The Kier molecular flexibility index (Phi) is 95.9. The third kappa shape index (κ3) is 82.0. The highest BCUT2D eigenvalue weighted by Crippen LogP contribution is 2.50. The number of esters is 3. The van der Waals surface area contributed by atoms with Crippen molar-refractivity contribution in [3.8, 4) is 0 Å². The zero-order valence-electron chi connectivity index (χ0n) is 88.4. The molecular weight excluding hydrogens is 1670 g/mol. The van der Waals surface area contributed by atoms with Gasteiger partial charge in [-0.25, -0.2) is 14.3 Å². The van der Waals surface area contributed by atoms with Gasteiger partial charge in [-0.2, -0.15) is 0 Å². The third-order valence-electron chi connectivity index (χ3n) is 24.2. The van der Waals surface area contributed by atoms with Gasteiger partial charge in [-0.05, 0) is 132 Å². The number of carbonyl (C=O) groups excluding carboxylic acids is 5. The number of aliphatic hydroxyl groups is 2. The fourth-order valence-electron chi connectivity index (χ4n) is 16.5. The van der Waals surface area contributed by atoms with E-state index in [9.17, 15) is 29.1 Å². The zero-order valence-corrected chi connectivity index (χ0v) is 89.3. The molecule has 0 radical (unpaired) electrons. The zero-order chi connectivity index (χ0) is 97.8. The van der Waals surface area contributed by atoms with Gasteiger partial charge < -0.3 is 58.9 Å². The molecule has 1 aromatic carbocycles. The minimum Gasteiger partial charge on any atom is -0.475 e. The van der Waals surface area contributed by atoms with E-state index in [4.69, 9.17) is 48.5 Å². The molecule has 0 spiro atoms. The fourth-order valence-corrected chi connectivity index (χ4v) is 18.8. The molecule has 21 heteroatoms. The molecule has 0 unspecified atom stereocenters. The van der Waals surface area contributed by atoms with Crippen molar-refractivity contribution in [2.75, 3.05) is 66.1 Å². The maximum absolute atomic E-state index is 12.6. The number of benzene rings is 1. The van der Waals surface area contributed by atoms with Crippen molar-refractivity contribution < 1.29 is 71.9 Å². The topological polar surface area (TPSA) is 257 Å². The van der Waals surface area contributed by atoms with Crippen molar-refractivity contribution in [3.63, 3.8) is 0 Å². The summed E-state index contributed by atoms with van der Waals surface area (Å²) in [5, 5.41) is 21.4. The predicted octanol–water partition coefficient (Wildman–Crippen LogP) is 28.9. The molecule has 1 amide bonds. The number of ether oxygens (including phenoxy) is 7. The molecular formula is C111H212N5O15P. The summed E-state index contributed by atoms with van der Waals surface area (Å²) in [5.41, 5.74) is 6.66. The molecule has 5 N–H and O–H groups in total. The van der Waals surface area contributed by atoms with Gasteiger partial charge in [0.2, 0.25) is 11.8 Å². The number of nitrogens with one attached hydrogen (secondary N) is 1. The normalized spacial score (nSPS) is 13.7. The molecule has 1 aliphatic heterocycles. The minimum atomic E-state index is -0.756. The van der Waals surface area contributed by atoms with Crippen molar-refractivity contribution in [3.05, 3.63) is 48.6 Å². The summed E-state index contributed by atoms with van der Waals surface area (Å²) in [6, 6.07) is 11.0. The Morgan fingerprint density at radius 2 is 0.742 bits per heavy atom. The Morgan fingerprint density at radius 1 is 0.432 bits per heavy atom. The van der Waals surface area contributed by atoms with Crippen LogP contribution in [0.4, 0.5) is 0 Å². The molecule has 1 heterocycles. The lowest BCUT2D eigenvalue weighted by molar-refractivity contribution is -0.151. The summed E-state index contributed by atoms with van der Waals surface area (Å²) >= 11 is 0. The van der Waals surface area contributed by atoms with E-state index in [-0.39, 0.29) is 86.2 Å². The number of nitrogens with two attached hydrogens (primary N) is 1. The first-order valence-electron chi connectivity index (χ1n) is 55.0. The lowest BCUT2D eigenvalue weighted by Gasteiger charge is -2.45. The number of hydrogen-bond donors (Lipinski definition) is 4. The quantitative estimate of drug-likeness (QED) is 0.0118. The van der Waals surface area contributed by atoms with Crippen LogP contribution >= 0.6 is 8.45 Å². The standard InChI is InChI=1S/C39H75NO6.C32H53NO4.C25H51NO4.C15H33N2OP/c1-4-7-10-13-15-17-19-22-24-27-36(42)32-38(43)40-35(33-41)34-45-31-30-37(28-25-21-12-9-6-3)46-39(44)29-26-23-20-18-16-14-11-8-5-2;1-3-5-7-9-10-11-12-14-19-23-31(34)37-30(22-18-13-8-6-4-2)24-25-35-26-29-27-36-32(33-29)28-20-16-15-17-21-28;1-3-5-7-9-10-11-12-14-16-18-25(28)30-24(17-15-13-8-6-4-2)19-20-29-22-23(26)21-27;1-10-11-18-19(16(12(2)3)13(4)5)17(14(6)7)15(8)9/h35,37,41H,4-34H2,1-3H3,(H,40,43);15-17,20-21,29-30H,3-14,18-19,22-27H2,1-2H3;23-24,27H,3-22,26H2,1-2H3;10,12-15H,1,11H2,2-9H3/t35-,37-;29-,30+;23-,24-;/m010./s1. The highest BCUT2D eigenvalue weighted by atomic mass is 31.2. The van der Waals surface area contributed by atoms with Crippen molar-refractivity contribution >= 4 is 43.9 Å². The van der Waals surface area contributed by atoms with E-state index in [2.05, 4.69) is 130 Å². The van der Waals surface area contributed by atoms with E-state index < -0.39 is 14.5 Å². The summed E-state index contributed by atoms with van der Waals surface area (Å²) in [6.07, 6.45) is 70.2. The van der Waals surface area contributed by atoms with Gasteiger partial charge in [-0.1, -0.05) is 355 Å². The van der Waals surface area contributed by atoms with E-state index in [1.54, 1.807) is 0 Å². The van der Waals surface area contributed by atoms with Crippen LogP contribution in [0.15, 0.2) is 48.0 Å². The molecule has 1 aliphatic rings. The van der Waals surface area contributed by atoms with Crippen molar-refractivity contribution in [2.45, 2.75) is 563 Å². The van der Waals surface area contributed by atoms with E-state index in [1.807, 2.05) is 36.4 Å². The highest BCUT2D eigenvalue weighted by Gasteiger charge is 2.34. The molecule has 132 heavy (non-hydrogen) atoms. The highest BCUT2D eigenvalue weighted by molar-refractivity contribution is 7.47. The summed E-state index contributed by atoms with van der Waals surface area (Å²) in [7, 11) is -0.756. The summed E-state index contributed by atoms with van der Waals surface area (Å²) in [6.45, 7) is 40.7. The molecule has 0 fully saturated rings. The lowest BCUT2D eigenvalue weighted by atomic mass is 10.0. The molecule has 2 rings (SSSR count). The second-order valence-electron chi connectivity index (χ2n) is 38.7. The first-order valence-corrected chi connectivity index (χ1v) is 56.2. The van der Waals surface area contributed by atoms with Gasteiger partial charge in [-0.3, -0.25) is 24.0 Å². The van der Waals surface area contributed by atoms with Crippen molar-refractivity contribution in [1.29, 1.82) is 0 Å². The SMILES string of the molecule is C=CCOP(N(C(C)C)C(C)C)N(C(C)C)C(C)C.CCCCCCCCCCCC(=O)CC(=O)N[C@@H](CO)COCC[C@H](CCCCCCC)OC(=O)CCCCCCCCCCC.CCCCCCCCCCCC(=O)O[C@@H](CCCCCCC)CCOC[C@@H](N)CO.CCCCCCCCCCCC(=O)O[C@@H](CCCCCCC)CCOC[C@@H]1COC(c2ccccc2)=N1. The van der Waals surface area contributed by atoms with Crippen LogP contribution in [0, 0.1) is 0 Å². The van der Waals surface area contributed by atoms with Crippen LogP contribution in [0.5, 0.6) is 0 Å². The van der Waals surface area contributed by atoms with Gasteiger partial charge >= 0.3 is 17.9 Å². The molecule has 20 nitrogen and oxygen atoms in total. The second-order valence-corrected chi connectivity index (χ2v) is 40.4. The lowest BCUT2D eigenvalue weighted by Crippen LogP contribution is -2.43. The van der Waals surface area contributed by atoms with Crippen LogP contribution < -0.4 is 11.1 Å². The van der Waals surface area contributed by atoms with Crippen LogP contribution in [0.25, 0.3) is 0 Å². The fraction of sp³-hybridized carbons (Fsp3) is 0.874. The number of aliphatic hydroxyl groups excluding tert-OH is 2. The molecule has 0 saturated carbocycles. The Bertz CT molecular complexity index is 2700. The first kappa shape index (κ1) is 130. The molecule has 0 bridgehead atoms. The van der Waals surface area contributed by atoms with E-state index >= 15 is 0 Å². The van der Waals surface area contributed by atoms with Crippen LogP contribution in [-0.2, 0) is 61.7 Å². The molecule has 0 saturated heterocycles. The van der Waals surface area contributed by atoms with Gasteiger partial charge in [0.25, 0.3) is 0 Å². The largest absolute Gasteiger partial charge is 0.475 e. The van der Waals surface area contributed by atoms with Crippen molar-refractivity contribution in [1.82, 2.24) is 14.7 Å². The van der Waals surface area contributed by atoms with E-state index in [0.29, 0.717) is 115 Å². The molecule has 0 aromatic heterocycles. The molecule has 0 aliphatic carbocycles. The van der Waals surface area contributed by atoms with Gasteiger partial charge in [0.15, 0.2) is 8.45 Å². The predicted molar refractivity (Wildman–Crippen MR) is 557 cm³/mol. The van der Waals surface area contributed by atoms with Gasteiger partial charge in [0.05, 0.1) is 78.0 Å². The number of ketones is 1. The summed E-state index contributed by atoms with van der Waals surface area (Å²) in [4.78, 5) is 66.7. The number of aliphatic imine (C=N–C) groups is 1. The monoisotopic (exact) mass is 1890 g/mol. The number of unbranched alkanes of at least 4 members (excludes halogenated alkanes) is 44. The number of nitrogens with zero attached hydrogens (tertiary/aromatic N) is 3. The molecule has 6 atom stereocenters. The summed E-state index contributed by atoms with van der Waals surface area (Å²) < 4.78 is 51.7. The maximum atomic E-state index is 12.6. The van der Waals surface area contributed by atoms with Crippen molar-refractivity contribution in [2.24, 2.45) is 10.7 Å². The smallest absolute Gasteiger partial charge is 0.306 e. The average Bonchev–Trinajstić information content (AvgIpc) is 0.912. The van der Waals surface area contributed by atoms with Gasteiger partial charge in [0, 0.05) is 74.7 Å². The Labute approximate surface area is 813 Å². The summed E-state index contributed by atoms with van der Waals surface area (Å²) in [5.74, 6) is 0.0630. The Hall–Kier alpha value is -3.95. The minimum absolute atomic E-state index is 0.0249. The van der Waals surface area contributed by atoms with Gasteiger partial charge in [-0.15, -0.1) is 6.58 Å². The first-order chi connectivity index (χ1) is 64.1. The van der Waals surface area contributed by atoms with E-state index in [0.717, 1.165) is 115 Å². The van der Waals surface area contributed by atoms with E-state index in [1.165, 1.54) is 244 Å². The number of amides is 1. The maximum Gasteiger partial charge on any atom is 0.306 e. The number of carbonyl (C=O) groups is 5. The van der Waals surface area contributed by atoms with Gasteiger partial charge in [0.1, 0.15) is 36.7 Å². The van der Waals surface area contributed by atoms with Crippen LogP contribution in [0.3, 0.4) is 0 Å². The number of hydrogen-bond acceptors (Lipinski definition) is 19.